The van der Waals surface area contributed by atoms with Crippen LogP contribution in [0.5, 0.6) is 0 Å². The molecule has 0 heterocycles. The molecule has 0 rings (SSSR count). The molecule has 3 N–H and O–H groups in total. The minimum atomic E-state index is -4.99. The van der Waals surface area contributed by atoms with Gasteiger partial charge < -0.3 is 33.8 Å². The molecule has 0 aliphatic heterocycles. The van der Waals surface area contributed by atoms with Crippen LogP contribution < -0.4 is 0 Å². The summed E-state index contributed by atoms with van der Waals surface area (Å²) in [5.74, 6) is -2.25. The van der Waals surface area contributed by atoms with Crippen LogP contribution in [-0.2, 0) is 65.4 Å². The van der Waals surface area contributed by atoms with E-state index in [1.165, 1.54) is 148 Å². The largest absolute Gasteiger partial charge is 0.472 e. The van der Waals surface area contributed by atoms with Gasteiger partial charge >= 0.3 is 39.5 Å². The third-order valence-electron chi connectivity index (χ3n) is 16.9. The highest BCUT2D eigenvalue weighted by Gasteiger charge is 2.30. The van der Waals surface area contributed by atoms with E-state index >= 15 is 0 Å². The number of carbonyl (C=O) groups is 4. The summed E-state index contributed by atoms with van der Waals surface area (Å²) < 4.78 is 68.5. The Morgan fingerprint density at radius 1 is 0.290 bits per heavy atom. The summed E-state index contributed by atoms with van der Waals surface area (Å²) in [5.41, 5.74) is 0. The molecule has 2 unspecified atom stereocenters. The van der Waals surface area contributed by atoms with Gasteiger partial charge in [0.05, 0.1) is 26.4 Å². The number of unbranched alkanes of at least 4 members (excludes halogenated alkanes) is 35. The Balaban J connectivity index is 5.40. The van der Waals surface area contributed by atoms with Crippen molar-refractivity contribution >= 4 is 39.5 Å². The van der Waals surface area contributed by atoms with Gasteiger partial charge in [0.2, 0.25) is 0 Å². The fourth-order valence-corrected chi connectivity index (χ4v) is 12.4. The second kappa shape index (κ2) is 73.5. The summed E-state index contributed by atoms with van der Waals surface area (Å²) in [6, 6.07) is 0. The highest BCUT2D eigenvalue weighted by molar-refractivity contribution is 7.47. The summed E-state index contributed by atoms with van der Waals surface area (Å²) in [6.45, 7) is 4.71. The highest BCUT2D eigenvalue weighted by Crippen LogP contribution is 2.45. The van der Waals surface area contributed by atoms with E-state index in [0.29, 0.717) is 32.1 Å². The van der Waals surface area contributed by atoms with Crippen molar-refractivity contribution in [2.45, 2.75) is 367 Å². The molecule has 0 aliphatic carbocycles. The summed E-state index contributed by atoms with van der Waals surface area (Å²) in [5, 5.41) is 10.6. The number of aliphatic hydroxyl groups excluding tert-OH is 1. The van der Waals surface area contributed by atoms with E-state index in [4.69, 9.17) is 37.0 Å². The molecule has 580 valence electrons. The van der Waals surface area contributed by atoms with Crippen LogP contribution in [0.2, 0.25) is 0 Å². The summed E-state index contributed by atoms with van der Waals surface area (Å²) in [6.07, 6.45) is 75.8. The van der Waals surface area contributed by atoms with Crippen molar-refractivity contribution in [2.75, 3.05) is 39.6 Å². The van der Waals surface area contributed by atoms with E-state index in [0.717, 1.165) is 116 Å². The van der Waals surface area contributed by atoms with Crippen LogP contribution in [0, 0.1) is 0 Å². The van der Waals surface area contributed by atoms with E-state index in [2.05, 4.69) is 94.5 Å². The van der Waals surface area contributed by atoms with Gasteiger partial charge in [-0.25, -0.2) is 9.13 Å². The number of phosphoric ester groups is 2. The van der Waals surface area contributed by atoms with Gasteiger partial charge in [0.25, 0.3) is 0 Å². The third-order valence-corrected chi connectivity index (χ3v) is 18.8. The van der Waals surface area contributed by atoms with E-state index in [1.54, 1.807) is 0 Å². The van der Waals surface area contributed by atoms with Crippen molar-refractivity contribution in [3.05, 3.63) is 85.1 Å². The maximum Gasteiger partial charge on any atom is 0.472 e. The molecule has 100 heavy (non-hydrogen) atoms. The Kier molecular flexibility index (Phi) is 70.8. The molecule has 0 spiro atoms. The van der Waals surface area contributed by atoms with Gasteiger partial charge in [-0.05, 0) is 89.9 Å². The Labute approximate surface area is 608 Å². The molecule has 17 nitrogen and oxygen atoms in total. The monoisotopic (exact) mass is 1450 g/mol. The van der Waals surface area contributed by atoms with Crippen molar-refractivity contribution in [2.24, 2.45) is 0 Å². The topological polar surface area (TPSA) is 237 Å². The van der Waals surface area contributed by atoms with E-state index in [9.17, 15) is 43.2 Å². The normalized spacial score (nSPS) is 14.3. The molecular formula is C81H144O17P2. The highest BCUT2D eigenvalue weighted by atomic mass is 31.2. The lowest BCUT2D eigenvalue weighted by Gasteiger charge is -2.21. The van der Waals surface area contributed by atoms with Gasteiger partial charge in [-0.1, -0.05) is 318 Å². The van der Waals surface area contributed by atoms with E-state index in [1.807, 2.05) is 18.2 Å². The number of hydrogen-bond donors (Lipinski definition) is 3. The Hall–Kier alpha value is -3.76. The fourth-order valence-electron chi connectivity index (χ4n) is 10.8. The van der Waals surface area contributed by atoms with E-state index < -0.39 is 97.5 Å². The smallest absolute Gasteiger partial charge is 0.462 e. The van der Waals surface area contributed by atoms with Gasteiger partial charge in [0, 0.05) is 25.7 Å². The summed E-state index contributed by atoms with van der Waals surface area (Å²) >= 11 is 0. The lowest BCUT2D eigenvalue weighted by Crippen LogP contribution is -2.30. The first kappa shape index (κ1) is 96.2. The van der Waals surface area contributed by atoms with Crippen LogP contribution in [0.15, 0.2) is 85.1 Å². The summed E-state index contributed by atoms with van der Waals surface area (Å²) in [4.78, 5) is 72.9. The number of ether oxygens (including phenoxy) is 4. The quantitative estimate of drug-likeness (QED) is 0.0169. The molecule has 0 bridgehead atoms. The number of hydrogen-bond acceptors (Lipinski definition) is 15. The van der Waals surface area contributed by atoms with Crippen LogP contribution in [-0.4, -0.2) is 96.7 Å². The van der Waals surface area contributed by atoms with Gasteiger partial charge in [0.1, 0.15) is 19.3 Å². The Morgan fingerprint density at radius 3 is 0.860 bits per heavy atom. The molecular weight excluding hydrogens is 1310 g/mol. The van der Waals surface area contributed by atoms with Crippen LogP contribution in [0.25, 0.3) is 0 Å². The van der Waals surface area contributed by atoms with Crippen molar-refractivity contribution < 1.29 is 80.2 Å². The number of allylic oxidation sites excluding steroid dienone is 14. The number of rotatable bonds is 75. The van der Waals surface area contributed by atoms with E-state index in [-0.39, 0.29) is 25.7 Å². The molecule has 0 saturated carbocycles. The molecule has 0 aromatic heterocycles. The van der Waals surface area contributed by atoms with Gasteiger partial charge in [0.15, 0.2) is 12.2 Å². The first-order chi connectivity index (χ1) is 48.7. The summed E-state index contributed by atoms with van der Waals surface area (Å²) in [7, 11) is -9.97. The van der Waals surface area contributed by atoms with Gasteiger partial charge in [-0.3, -0.25) is 37.3 Å². The van der Waals surface area contributed by atoms with Crippen LogP contribution >= 0.6 is 15.6 Å². The van der Waals surface area contributed by atoms with Crippen molar-refractivity contribution in [3.8, 4) is 0 Å². The average molecular weight is 1450 g/mol. The van der Waals surface area contributed by atoms with Crippen molar-refractivity contribution in [3.63, 3.8) is 0 Å². The zero-order chi connectivity index (χ0) is 73.2. The minimum Gasteiger partial charge on any atom is -0.462 e. The van der Waals surface area contributed by atoms with Crippen LogP contribution in [0.1, 0.15) is 349 Å². The lowest BCUT2D eigenvalue weighted by atomic mass is 10.0. The molecule has 0 radical (unpaired) electrons. The number of carbonyl (C=O) groups excluding carboxylic acids is 4. The first-order valence-electron chi connectivity index (χ1n) is 39.8. The van der Waals surface area contributed by atoms with Crippen molar-refractivity contribution in [1.29, 1.82) is 0 Å². The Bertz CT molecular complexity index is 2230. The predicted molar refractivity (Wildman–Crippen MR) is 409 cm³/mol. The third kappa shape index (κ3) is 72.6. The maximum absolute atomic E-state index is 13.1. The molecule has 0 saturated heterocycles. The SMILES string of the molecule is CC/C=C\C/C=C\C/C=C\C/C=C\C/C=C\C/C=C\CCC(=O)O[C@H](COC(=O)CCCCCCC/C=C\CCCCCCCC)COP(=O)(O)OC[C@@H](O)COP(=O)(O)OC[C@@H](COC(=O)CCCCCCCCCCCCCCC)OC(=O)CCCCCCCCCCCCCCC. The standard InChI is InChI=1S/C81H144O17P2/c1-5-9-13-17-21-25-29-33-35-36-37-38-40-44-48-52-56-60-64-68-81(86)98-77(72-92-79(84)66-62-58-54-50-46-43-39-34-30-26-22-18-14-10-6-2)74-96-100(89,90)94-70-75(82)69-93-99(87,88)95-73-76(97-80(85)67-63-59-55-51-47-42-32-28-24-20-16-12-8-4)71-91-78(83)65-61-57-53-49-45-41-31-27-23-19-15-11-7-3/h9,13,21,25,33-35,37-39,44,48,56,60,75-77,82H,5-8,10-12,14-20,22-24,26-32,36,40-43,45-47,49-55,57-59,61-74H2,1-4H3,(H,87,88)(H,89,90)/b13-9-,25-21-,35-33-,38-37-,39-34-,48-44-,60-56-/t75-,76+,77+/m0/s1. The number of phosphoric acid groups is 2. The van der Waals surface area contributed by atoms with Gasteiger partial charge in [-0.2, -0.15) is 0 Å². The molecule has 5 atom stereocenters. The maximum atomic E-state index is 13.1. The van der Waals surface area contributed by atoms with Crippen LogP contribution in [0.4, 0.5) is 0 Å². The molecule has 0 fully saturated rings. The first-order valence-corrected chi connectivity index (χ1v) is 42.8. The number of aliphatic hydroxyl groups is 1. The fraction of sp³-hybridized carbons (Fsp3) is 0.778. The molecule has 19 heteroatoms. The molecule has 0 aromatic carbocycles. The molecule has 0 aromatic rings. The minimum absolute atomic E-state index is 0.0300. The predicted octanol–water partition coefficient (Wildman–Crippen LogP) is 23.0. The average Bonchev–Trinajstić information content (AvgIpc) is 0.934. The Morgan fingerprint density at radius 2 is 0.540 bits per heavy atom. The molecule has 0 amide bonds. The second-order valence-corrected chi connectivity index (χ2v) is 29.5. The van der Waals surface area contributed by atoms with Gasteiger partial charge in [-0.15, -0.1) is 0 Å². The van der Waals surface area contributed by atoms with Crippen LogP contribution in [0.3, 0.4) is 0 Å². The number of esters is 4. The second-order valence-electron chi connectivity index (χ2n) is 26.6. The van der Waals surface area contributed by atoms with Crippen molar-refractivity contribution in [1.82, 2.24) is 0 Å². The zero-order valence-electron chi connectivity index (χ0n) is 63.4. The zero-order valence-corrected chi connectivity index (χ0v) is 65.2. The molecule has 0 aliphatic rings. The lowest BCUT2D eigenvalue weighted by molar-refractivity contribution is -0.161.